The lowest BCUT2D eigenvalue weighted by Crippen LogP contribution is -2.49. The molecular formula is C21H27F3N4O3. The van der Waals surface area contributed by atoms with Crippen molar-refractivity contribution in [3.05, 3.63) is 29.8 Å². The Labute approximate surface area is 179 Å². The minimum Gasteiger partial charge on any atom is -0.406 e. The SMILES string of the molecule is O=C1NC2(CCCC2)C(=O)N1CCN1CCN(Cc2ccc(OC(F)(F)F)cc2)CC1. The minimum absolute atomic E-state index is 0.0772. The number of hydrogen-bond acceptors (Lipinski definition) is 5. The minimum atomic E-state index is -4.68. The van der Waals surface area contributed by atoms with Crippen molar-refractivity contribution < 1.29 is 27.5 Å². The summed E-state index contributed by atoms with van der Waals surface area (Å²) in [5.41, 5.74) is 0.264. The largest absolute Gasteiger partial charge is 0.573 e. The van der Waals surface area contributed by atoms with Crippen molar-refractivity contribution in [2.45, 2.75) is 44.1 Å². The molecule has 31 heavy (non-hydrogen) atoms. The summed E-state index contributed by atoms with van der Waals surface area (Å²) in [6.45, 7) is 4.93. The Morgan fingerprint density at radius 1 is 0.935 bits per heavy atom. The van der Waals surface area contributed by atoms with Crippen LogP contribution >= 0.6 is 0 Å². The summed E-state index contributed by atoms with van der Waals surface area (Å²) < 4.78 is 40.7. The Bertz CT molecular complexity index is 801. The van der Waals surface area contributed by atoms with E-state index < -0.39 is 11.9 Å². The van der Waals surface area contributed by atoms with Crippen LogP contribution in [0.2, 0.25) is 0 Å². The Kier molecular flexibility index (Phi) is 6.11. The van der Waals surface area contributed by atoms with E-state index in [1.807, 2.05) is 0 Å². The van der Waals surface area contributed by atoms with Crippen LogP contribution in [0.3, 0.4) is 0 Å². The van der Waals surface area contributed by atoms with Gasteiger partial charge in [-0.2, -0.15) is 0 Å². The number of benzene rings is 1. The van der Waals surface area contributed by atoms with E-state index in [0.29, 0.717) is 19.6 Å². The van der Waals surface area contributed by atoms with Gasteiger partial charge in [0, 0.05) is 45.8 Å². The molecule has 0 atom stereocenters. The molecule has 2 saturated heterocycles. The number of rotatable bonds is 6. The molecule has 2 heterocycles. The summed E-state index contributed by atoms with van der Waals surface area (Å²) in [7, 11) is 0. The Hall–Kier alpha value is -2.33. The van der Waals surface area contributed by atoms with Crippen LogP contribution in [0, 0.1) is 0 Å². The third kappa shape index (κ3) is 5.12. The molecule has 3 fully saturated rings. The number of ether oxygens (including phenoxy) is 1. The highest BCUT2D eigenvalue weighted by Crippen LogP contribution is 2.35. The van der Waals surface area contributed by atoms with Gasteiger partial charge in [0.05, 0.1) is 0 Å². The zero-order valence-electron chi connectivity index (χ0n) is 17.3. The van der Waals surface area contributed by atoms with Crippen LogP contribution in [0.5, 0.6) is 5.75 Å². The van der Waals surface area contributed by atoms with Gasteiger partial charge >= 0.3 is 12.4 Å². The van der Waals surface area contributed by atoms with E-state index in [9.17, 15) is 22.8 Å². The summed E-state index contributed by atoms with van der Waals surface area (Å²) in [6, 6.07) is 5.67. The van der Waals surface area contributed by atoms with Gasteiger partial charge in [0.2, 0.25) is 0 Å². The van der Waals surface area contributed by atoms with E-state index >= 15 is 0 Å². The molecule has 1 N–H and O–H groups in total. The molecule has 1 aromatic rings. The van der Waals surface area contributed by atoms with Crippen molar-refractivity contribution >= 4 is 11.9 Å². The topological polar surface area (TPSA) is 65.1 Å². The van der Waals surface area contributed by atoms with Crippen LogP contribution in [0.4, 0.5) is 18.0 Å². The lowest BCUT2D eigenvalue weighted by molar-refractivity contribution is -0.274. The predicted molar refractivity (Wildman–Crippen MR) is 106 cm³/mol. The quantitative estimate of drug-likeness (QED) is 0.689. The summed E-state index contributed by atoms with van der Waals surface area (Å²) in [5.74, 6) is -0.299. The van der Waals surface area contributed by atoms with Gasteiger partial charge in [0.25, 0.3) is 5.91 Å². The molecule has 1 spiro atoms. The Morgan fingerprint density at radius 3 is 2.16 bits per heavy atom. The van der Waals surface area contributed by atoms with Gasteiger partial charge in [-0.25, -0.2) is 4.79 Å². The first-order valence-corrected chi connectivity index (χ1v) is 10.7. The van der Waals surface area contributed by atoms with Crippen molar-refractivity contribution in [2.24, 2.45) is 0 Å². The molecule has 3 aliphatic rings. The highest BCUT2D eigenvalue weighted by atomic mass is 19.4. The van der Waals surface area contributed by atoms with Crippen molar-refractivity contribution in [3.63, 3.8) is 0 Å². The molecule has 10 heteroatoms. The normalized spacial score (nSPS) is 22.4. The molecule has 0 unspecified atom stereocenters. The van der Waals surface area contributed by atoms with Crippen LogP contribution in [-0.2, 0) is 11.3 Å². The lowest BCUT2D eigenvalue weighted by atomic mass is 9.98. The van der Waals surface area contributed by atoms with Gasteiger partial charge in [-0.3, -0.25) is 19.5 Å². The van der Waals surface area contributed by atoms with Crippen LogP contribution in [0.1, 0.15) is 31.2 Å². The molecule has 7 nitrogen and oxygen atoms in total. The van der Waals surface area contributed by atoms with Gasteiger partial charge < -0.3 is 10.1 Å². The first kappa shape index (κ1) is 21.9. The summed E-state index contributed by atoms with van der Waals surface area (Å²) >= 11 is 0. The second-order valence-corrected chi connectivity index (χ2v) is 8.49. The van der Waals surface area contributed by atoms with Crippen molar-refractivity contribution in [1.82, 2.24) is 20.0 Å². The number of alkyl halides is 3. The van der Waals surface area contributed by atoms with Crippen LogP contribution in [0.25, 0.3) is 0 Å². The smallest absolute Gasteiger partial charge is 0.406 e. The molecule has 0 aromatic heterocycles. The van der Waals surface area contributed by atoms with E-state index in [1.165, 1.54) is 17.0 Å². The predicted octanol–water partition coefficient (Wildman–Crippen LogP) is 2.57. The number of imide groups is 1. The second-order valence-electron chi connectivity index (χ2n) is 8.49. The van der Waals surface area contributed by atoms with Gasteiger partial charge in [0.15, 0.2) is 0 Å². The summed E-state index contributed by atoms with van der Waals surface area (Å²) in [6.07, 6.45) is -1.28. The molecule has 0 bridgehead atoms. The number of carbonyl (C=O) groups is 2. The number of halogens is 3. The monoisotopic (exact) mass is 440 g/mol. The first-order chi connectivity index (χ1) is 14.7. The first-order valence-electron chi connectivity index (χ1n) is 10.7. The highest BCUT2D eigenvalue weighted by Gasteiger charge is 2.52. The molecule has 170 valence electrons. The van der Waals surface area contributed by atoms with E-state index in [0.717, 1.165) is 57.4 Å². The number of urea groups is 1. The number of amides is 3. The lowest BCUT2D eigenvalue weighted by Gasteiger charge is -2.35. The van der Waals surface area contributed by atoms with Crippen molar-refractivity contribution in [1.29, 1.82) is 0 Å². The highest BCUT2D eigenvalue weighted by molar-refractivity contribution is 6.07. The Morgan fingerprint density at radius 2 is 1.55 bits per heavy atom. The molecule has 2 aliphatic heterocycles. The fourth-order valence-electron chi connectivity index (χ4n) is 4.66. The van der Waals surface area contributed by atoms with Gasteiger partial charge in [-0.1, -0.05) is 25.0 Å². The zero-order valence-corrected chi connectivity index (χ0v) is 17.3. The third-order valence-electron chi connectivity index (χ3n) is 6.37. The number of nitrogens with zero attached hydrogens (tertiary/aromatic N) is 3. The average Bonchev–Trinajstić information content (AvgIpc) is 3.27. The van der Waals surface area contributed by atoms with Crippen molar-refractivity contribution in [2.75, 3.05) is 39.3 Å². The Balaban J connectivity index is 1.21. The average molecular weight is 440 g/mol. The summed E-state index contributed by atoms with van der Waals surface area (Å²) in [4.78, 5) is 30.8. The van der Waals surface area contributed by atoms with Gasteiger partial charge in [-0.05, 0) is 30.5 Å². The zero-order chi connectivity index (χ0) is 22.1. The van der Waals surface area contributed by atoms with Gasteiger partial charge in [-0.15, -0.1) is 13.2 Å². The number of nitrogens with one attached hydrogen (secondary N) is 1. The molecule has 3 amide bonds. The molecule has 1 aliphatic carbocycles. The number of carbonyl (C=O) groups excluding carboxylic acids is 2. The molecule has 0 radical (unpaired) electrons. The second kappa shape index (κ2) is 8.66. The summed E-state index contributed by atoms with van der Waals surface area (Å²) in [5, 5.41) is 2.91. The molecular weight excluding hydrogens is 413 g/mol. The third-order valence-corrected chi connectivity index (χ3v) is 6.37. The fraction of sp³-hybridized carbons (Fsp3) is 0.619. The van der Waals surface area contributed by atoms with E-state index in [1.54, 1.807) is 12.1 Å². The van der Waals surface area contributed by atoms with Crippen LogP contribution in [-0.4, -0.2) is 77.8 Å². The molecule has 1 saturated carbocycles. The van der Waals surface area contributed by atoms with E-state index in [-0.39, 0.29) is 17.7 Å². The maximum absolute atomic E-state index is 12.7. The van der Waals surface area contributed by atoms with Crippen LogP contribution in [0.15, 0.2) is 24.3 Å². The van der Waals surface area contributed by atoms with E-state index in [2.05, 4.69) is 19.9 Å². The fourth-order valence-corrected chi connectivity index (χ4v) is 4.66. The molecule has 4 rings (SSSR count). The maximum Gasteiger partial charge on any atom is 0.573 e. The van der Waals surface area contributed by atoms with E-state index in [4.69, 9.17) is 0 Å². The van der Waals surface area contributed by atoms with Crippen LogP contribution < -0.4 is 10.1 Å². The number of hydrogen-bond donors (Lipinski definition) is 1. The van der Waals surface area contributed by atoms with Gasteiger partial charge in [0.1, 0.15) is 11.3 Å². The standard InChI is InChI=1S/C21H27F3N4O3/c22-21(23,24)31-17-5-3-16(4-6-17)15-27-11-9-26(10-12-27)13-14-28-18(29)20(25-19(28)30)7-1-2-8-20/h3-6H,1-2,7-15H2,(H,25,30). The molecule has 1 aromatic carbocycles. The number of piperazine rings is 1. The van der Waals surface area contributed by atoms with Crippen molar-refractivity contribution in [3.8, 4) is 5.75 Å². The maximum atomic E-state index is 12.7.